The summed E-state index contributed by atoms with van der Waals surface area (Å²) in [6, 6.07) is 7.97. The van der Waals surface area contributed by atoms with Gasteiger partial charge in [-0.05, 0) is 56.5 Å². The first kappa shape index (κ1) is 24.7. The fourth-order valence-electron chi connectivity index (χ4n) is 5.05. The first-order valence-corrected chi connectivity index (χ1v) is 12.3. The molecule has 0 bridgehead atoms. The van der Waals surface area contributed by atoms with Crippen LogP contribution in [0.4, 0.5) is 0 Å². The van der Waals surface area contributed by atoms with Gasteiger partial charge >= 0.3 is 0 Å². The number of allylic oxidation sites excluding steroid dienone is 1. The zero-order valence-corrected chi connectivity index (χ0v) is 21.3. The molecule has 0 unspecified atom stereocenters. The lowest BCUT2D eigenvalue weighted by atomic mass is 9.96. The van der Waals surface area contributed by atoms with Crippen molar-refractivity contribution >= 4 is 22.4 Å². The van der Waals surface area contributed by atoms with E-state index in [9.17, 15) is 4.79 Å². The van der Waals surface area contributed by atoms with E-state index in [1.165, 1.54) is 25.7 Å². The minimum atomic E-state index is -0.0592. The van der Waals surface area contributed by atoms with Crippen LogP contribution in [-0.4, -0.2) is 33.3 Å². The molecule has 35 heavy (non-hydrogen) atoms. The van der Waals surface area contributed by atoms with Crippen molar-refractivity contribution < 1.29 is 23.4 Å². The zero-order valence-electron chi connectivity index (χ0n) is 21.3. The Kier molecular flexibility index (Phi) is 7.69. The summed E-state index contributed by atoms with van der Waals surface area (Å²) in [5.41, 5.74) is 5.07. The SMILES string of the molecule is COc1ccc(OC)c(-c2coc3c(C)c(OC)c(/C(C)=C/C(=O)NC4CCCCCC4)cc23)c1. The molecule has 1 N–H and O–H groups in total. The lowest BCUT2D eigenvalue weighted by Crippen LogP contribution is -2.33. The summed E-state index contributed by atoms with van der Waals surface area (Å²) < 4.78 is 22.8. The molecule has 0 spiro atoms. The third-order valence-electron chi connectivity index (χ3n) is 6.92. The number of methoxy groups -OCH3 is 3. The molecule has 0 aliphatic heterocycles. The van der Waals surface area contributed by atoms with Crippen LogP contribution in [0.15, 0.2) is 41.0 Å². The predicted molar refractivity (Wildman–Crippen MR) is 139 cm³/mol. The molecule has 0 saturated heterocycles. The molecule has 1 fully saturated rings. The van der Waals surface area contributed by atoms with Crippen LogP contribution in [0.2, 0.25) is 0 Å². The second-order valence-electron chi connectivity index (χ2n) is 9.20. The molecule has 0 atom stereocenters. The number of carbonyl (C=O) groups excluding carboxylic acids is 1. The van der Waals surface area contributed by atoms with Crippen LogP contribution in [0.25, 0.3) is 27.7 Å². The maximum Gasteiger partial charge on any atom is 0.244 e. The van der Waals surface area contributed by atoms with Crippen molar-refractivity contribution in [3.63, 3.8) is 0 Å². The molecule has 1 aromatic heterocycles. The van der Waals surface area contributed by atoms with E-state index in [1.807, 2.05) is 38.1 Å². The topological polar surface area (TPSA) is 69.9 Å². The quantitative estimate of drug-likeness (QED) is 0.304. The molecule has 1 aliphatic carbocycles. The zero-order chi connectivity index (χ0) is 24.9. The van der Waals surface area contributed by atoms with Crippen molar-refractivity contribution in [1.82, 2.24) is 5.32 Å². The number of fused-ring (bicyclic) bond motifs is 1. The second-order valence-corrected chi connectivity index (χ2v) is 9.20. The molecule has 6 nitrogen and oxygen atoms in total. The maximum atomic E-state index is 12.9. The lowest BCUT2D eigenvalue weighted by molar-refractivity contribution is -0.117. The number of ether oxygens (including phenoxy) is 3. The highest BCUT2D eigenvalue weighted by molar-refractivity contribution is 6.02. The van der Waals surface area contributed by atoms with Gasteiger partial charge in [-0.1, -0.05) is 25.7 Å². The van der Waals surface area contributed by atoms with E-state index in [2.05, 4.69) is 5.32 Å². The minimum Gasteiger partial charge on any atom is -0.497 e. The van der Waals surface area contributed by atoms with Crippen molar-refractivity contribution in [3.05, 3.63) is 47.7 Å². The summed E-state index contributed by atoms with van der Waals surface area (Å²) in [7, 11) is 4.93. The van der Waals surface area contributed by atoms with Gasteiger partial charge in [0.25, 0.3) is 0 Å². The van der Waals surface area contributed by atoms with Gasteiger partial charge in [0.1, 0.15) is 22.8 Å². The smallest absolute Gasteiger partial charge is 0.244 e. The number of amides is 1. The maximum absolute atomic E-state index is 12.9. The van der Waals surface area contributed by atoms with Gasteiger partial charge in [-0.2, -0.15) is 0 Å². The normalized spacial score (nSPS) is 15.1. The molecular weight excluding hydrogens is 442 g/mol. The van der Waals surface area contributed by atoms with Gasteiger partial charge in [-0.3, -0.25) is 4.79 Å². The summed E-state index contributed by atoms with van der Waals surface area (Å²) in [6.45, 7) is 3.92. The minimum absolute atomic E-state index is 0.0592. The molecule has 186 valence electrons. The Morgan fingerprint density at radius 1 is 1.00 bits per heavy atom. The van der Waals surface area contributed by atoms with Crippen molar-refractivity contribution in [1.29, 1.82) is 0 Å². The van der Waals surface area contributed by atoms with Gasteiger partial charge in [-0.25, -0.2) is 0 Å². The number of benzene rings is 2. The number of furan rings is 1. The summed E-state index contributed by atoms with van der Waals surface area (Å²) >= 11 is 0. The van der Waals surface area contributed by atoms with E-state index in [1.54, 1.807) is 33.7 Å². The van der Waals surface area contributed by atoms with Crippen LogP contribution < -0.4 is 19.5 Å². The fourth-order valence-corrected chi connectivity index (χ4v) is 5.05. The highest BCUT2D eigenvalue weighted by Gasteiger charge is 2.21. The number of rotatable bonds is 7. The van der Waals surface area contributed by atoms with Gasteiger partial charge < -0.3 is 23.9 Å². The Morgan fingerprint density at radius 3 is 2.40 bits per heavy atom. The van der Waals surface area contributed by atoms with Crippen molar-refractivity contribution in [2.45, 2.75) is 58.4 Å². The van der Waals surface area contributed by atoms with Gasteiger partial charge in [0.15, 0.2) is 0 Å². The molecule has 1 saturated carbocycles. The number of nitrogens with one attached hydrogen (secondary N) is 1. The summed E-state index contributed by atoms with van der Waals surface area (Å²) in [5.74, 6) is 2.09. The Morgan fingerprint density at radius 2 is 1.74 bits per heavy atom. The van der Waals surface area contributed by atoms with Gasteiger partial charge in [-0.15, -0.1) is 0 Å². The van der Waals surface area contributed by atoms with Crippen LogP contribution >= 0.6 is 0 Å². The third kappa shape index (κ3) is 5.16. The van der Waals surface area contributed by atoms with Gasteiger partial charge in [0.2, 0.25) is 5.91 Å². The lowest BCUT2D eigenvalue weighted by Gasteiger charge is -2.16. The van der Waals surface area contributed by atoms with E-state index in [-0.39, 0.29) is 11.9 Å². The highest BCUT2D eigenvalue weighted by Crippen LogP contribution is 2.43. The van der Waals surface area contributed by atoms with E-state index in [4.69, 9.17) is 18.6 Å². The van der Waals surface area contributed by atoms with Crippen LogP contribution in [-0.2, 0) is 4.79 Å². The first-order chi connectivity index (χ1) is 17.0. The Labute approximate surface area is 207 Å². The number of aryl methyl sites for hydroxylation is 1. The van der Waals surface area contributed by atoms with Crippen LogP contribution in [0, 0.1) is 6.92 Å². The average Bonchev–Trinajstić information content (AvgIpc) is 3.12. The number of carbonyl (C=O) groups is 1. The number of hydrogen-bond acceptors (Lipinski definition) is 5. The highest BCUT2D eigenvalue weighted by atomic mass is 16.5. The summed E-state index contributed by atoms with van der Waals surface area (Å²) in [4.78, 5) is 12.9. The molecular formula is C29H35NO5. The molecule has 2 aromatic carbocycles. The van der Waals surface area contributed by atoms with E-state index < -0.39 is 0 Å². The summed E-state index contributed by atoms with van der Waals surface area (Å²) in [5, 5.41) is 4.12. The standard InChI is InChI=1S/C29H35NO5/c1-18(14-27(31)30-20-10-8-6-7-9-11-20)22-16-24-25(17-35-29(24)19(2)28(22)34-5)23-15-21(32-3)12-13-26(23)33-4/h12-17,20H,6-11H2,1-5H3,(H,30,31)/b18-14+. The second kappa shape index (κ2) is 10.9. The first-order valence-electron chi connectivity index (χ1n) is 12.3. The Balaban J connectivity index is 1.76. The molecule has 0 radical (unpaired) electrons. The van der Waals surface area contributed by atoms with Crippen molar-refractivity contribution in [3.8, 4) is 28.4 Å². The molecule has 6 heteroatoms. The predicted octanol–water partition coefficient (Wildman–Crippen LogP) is 6.68. The fraction of sp³-hybridized carbons (Fsp3) is 0.414. The van der Waals surface area contributed by atoms with Gasteiger partial charge in [0.05, 0.1) is 27.6 Å². The van der Waals surface area contributed by atoms with Crippen molar-refractivity contribution in [2.24, 2.45) is 0 Å². The van der Waals surface area contributed by atoms with E-state index >= 15 is 0 Å². The van der Waals surface area contributed by atoms with E-state index in [0.29, 0.717) is 5.75 Å². The number of hydrogen-bond donors (Lipinski definition) is 1. The molecule has 4 rings (SSSR count). The monoisotopic (exact) mass is 477 g/mol. The van der Waals surface area contributed by atoms with Crippen molar-refractivity contribution in [2.75, 3.05) is 21.3 Å². The molecule has 1 heterocycles. The van der Waals surface area contributed by atoms with Crippen LogP contribution in [0.5, 0.6) is 17.2 Å². The van der Waals surface area contributed by atoms with E-state index in [0.717, 1.165) is 63.1 Å². The molecule has 1 aliphatic rings. The van der Waals surface area contributed by atoms with Gasteiger partial charge in [0, 0.05) is 39.8 Å². The average molecular weight is 478 g/mol. The Hall–Kier alpha value is -3.41. The van der Waals surface area contributed by atoms with Crippen LogP contribution in [0.3, 0.4) is 0 Å². The summed E-state index contributed by atoms with van der Waals surface area (Å²) in [6.07, 6.45) is 10.4. The molecule has 3 aromatic rings. The largest absolute Gasteiger partial charge is 0.497 e. The van der Waals surface area contributed by atoms with Crippen LogP contribution in [0.1, 0.15) is 56.6 Å². The third-order valence-corrected chi connectivity index (χ3v) is 6.92. The Bertz CT molecular complexity index is 1230. The molecule has 1 amide bonds.